The van der Waals surface area contributed by atoms with Gasteiger partial charge in [-0.25, -0.2) is 4.68 Å². The molecule has 7 nitrogen and oxygen atoms in total. The number of aromatic nitrogens is 4. The molecule has 0 N–H and O–H groups in total. The molecule has 0 saturated carbocycles. The lowest BCUT2D eigenvalue weighted by atomic mass is 9.88. The fourth-order valence-corrected chi connectivity index (χ4v) is 3.44. The van der Waals surface area contributed by atoms with Crippen LogP contribution in [-0.4, -0.2) is 37.6 Å². The van der Waals surface area contributed by atoms with Crippen molar-refractivity contribution in [1.29, 1.82) is 0 Å². The van der Waals surface area contributed by atoms with Gasteiger partial charge in [-0.3, -0.25) is 4.79 Å². The maximum absolute atomic E-state index is 12.9. The molecule has 0 radical (unpaired) electrons. The zero-order valence-electron chi connectivity index (χ0n) is 15.3. The van der Waals surface area contributed by atoms with Crippen molar-refractivity contribution < 1.29 is 9.53 Å². The molecule has 1 fully saturated rings. The molecule has 1 aromatic heterocycles. The normalized spacial score (nSPS) is 19.0. The molecule has 27 heavy (non-hydrogen) atoms. The number of hydrogen-bond donors (Lipinski definition) is 0. The number of hydrogen-bond acceptors (Lipinski definition) is 5. The Morgan fingerprint density at radius 1 is 1.04 bits per heavy atom. The number of nitrogens with zero attached hydrogens (tertiary/aromatic N) is 5. The molecule has 0 spiro atoms. The highest BCUT2D eigenvalue weighted by atomic mass is 16.5. The molecule has 1 saturated heterocycles. The van der Waals surface area contributed by atoms with E-state index in [1.807, 2.05) is 36.1 Å². The fraction of sp³-hybridized carbons (Fsp3) is 0.300. The summed E-state index contributed by atoms with van der Waals surface area (Å²) in [5.41, 5.74) is 3.33. The summed E-state index contributed by atoms with van der Waals surface area (Å²) in [4.78, 5) is 14.7. The minimum absolute atomic E-state index is 0.0155. The fourth-order valence-electron chi connectivity index (χ4n) is 3.44. The second kappa shape index (κ2) is 7.19. The highest BCUT2D eigenvalue weighted by molar-refractivity contribution is 5.88. The summed E-state index contributed by atoms with van der Waals surface area (Å²) in [6, 6.07) is 15.5. The van der Waals surface area contributed by atoms with Crippen molar-refractivity contribution in [2.45, 2.75) is 32.5 Å². The molecule has 3 aromatic rings. The van der Waals surface area contributed by atoms with E-state index in [4.69, 9.17) is 4.74 Å². The Morgan fingerprint density at radius 3 is 2.41 bits per heavy atom. The van der Waals surface area contributed by atoms with Crippen LogP contribution in [0.4, 0.5) is 0 Å². The third-order valence-electron chi connectivity index (χ3n) is 4.83. The van der Waals surface area contributed by atoms with Crippen LogP contribution in [0.25, 0.3) is 0 Å². The lowest BCUT2D eigenvalue weighted by molar-refractivity contribution is -0.157. The second-order valence-electron chi connectivity index (χ2n) is 6.63. The van der Waals surface area contributed by atoms with E-state index in [0.29, 0.717) is 13.2 Å². The van der Waals surface area contributed by atoms with Gasteiger partial charge in [0.2, 0.25) is 0 Å². The molecule has 2 heterocycles. The summed E-state index contributed by atoms with van der Waals surface area (Å²) in [7, 11) is 0. The van der Waals surface area contributed by atoms with Crippen LogP contribution in [0.3, 0.4) is 0 Å². The number of amides is 1. The standard InChI is InChI=1S/C20H21N5O2/c1-3-27-17-10-8-16(9-11-17)18-19(25-13-21-22-23-25)20(26)24(18)12-15-6-4-14(2)5-7-15/h4-11,13,18-19H,3,12H2,1-2H3. The minimum Gasteiger partial charge on any atom is -0.494 e. The van der Waals surface area contributed by atoms with Gasteiger partial charge in [-0.2, -0.15) is 0 Å². The van der Waals surface area contributed by atoms with Gasteiger partial charge in [-0.05, 0) is 47.5 Å². The Kier molecular flexibility index (Phi) is 4.58. The van der Waals surface area contributed by atoms with Crippen LogP contribution >= 0.6 is 0 Å². The Labute approximate surface area is 157 Å². The number of likely N-dealkylation sites (tertiary alicyclic amines) is 1. The van der Waals surface area contributed by atoms with E-state index < -0.39 is 6.04 Å². The zero-order valence-corrected chi connectivity index (χ0v) is 15.3. The van der Waals surface area contributed by atoms with Crippen LogP contribution in [-0.2, 0) is 11.3 Å². The number of rotatable bonds is 6. The summed E-state index contributed by atoms with van der Waals surface area (Å²) in [5.74, 6) is 0.831. The largest absolute Gasteiger partial charge is 0.494 e. The summed E-state index contributed by atoms with van der Waals surface area (Å²) >= 11 is 0. The smallest absolute Gasteiger partial charge is 0.251 e. The van der Waals surface area contributed by atoms with Crippen molar-refractivity contribution >= 4 is 5.91 Å². The number of benzene rings is 2. The van der Waals surface area contributed by atoms with E-state index in [0.717, 1.165) is 16.9 Å². The van der Waals surface area contributed by atoms with E-state index in [-0.39, 0.29) is 11.9 Å². The van der Waals surface area contributed by atoms with Crippen molar-refractivity contribution in [2.75, 3.05) is 6.61 Å². The van der Waals surface area contributed by atoms with Crippen molar-refractivity contribution in [3.63, 3.8) is 0 Å². The van der Waals surface area contributed by atoms with Crippen LogP contribution in [0, 0.1) is 6.92 Å². The first-order valence-corrected chi connectivity index (χ1v) is 8.98. The van der Waals surface area contributed by atoms with Crippen molar-refractivity contribution in [1.82, 2.24) is 25.1 Å². The summed E-state index contributed by atoms with van der Waals surface area (Å²) in [5, 5.41) is 11.3. The molecule has 2 aromatic carbocycles. The summed E-state index contributed by atoms with van der Waals surface area (Å²) in [6.45, 7) is 5.17. The molecule has 1 aliphatic rings. The van der Waals surface area contributed by atoms with E-state index in [1.54, 1.807) is 0 Å². The third-order valence-corrected chi connectivity index (χ3v) is 4.83. The third kappa shape index (κ3) is 3.28. The van der Waals surface area contributed by atoms with Crippen molar-refractivity contribution in [3.05, 3.63) is 71.5 Å². The van der Waals surface area contributed by atoms with E-state index in [1.165, 1.54) is 16.6 Å². The lowest BCUT2D eigenvalue weighted by Crippen LogP contribution is -2.55. The van der Waals surface area contributed by atoms with Crippen LogP contribution < -0.4 is 4.74 Å². The SMILES string of the molecule is CCOc1ccc(C2C(n3cnnn3)C(=O)N2Cc2ccc(C)cc2)cc1. The number of carbonyl (C=O) groups excluding carboxylic acids is 1. The van der Waals surface area contributed by atoms with Crippen molar-refractivity contribution in [3.8, 4) is 5.75 Å². The van der Waals surface area contributed by atoms with Crippen LogP contribution in [0.15, 0.2) is 54.9 Å². The predicted octanol–water partition coefficient (Wildman–Crippen LogP) is 2.71. The second-order valence-corrected chi connectivity index (χ2v) is 6.63. The van der Waals surface area contributed by atoms with Crippen LogP contribution in [0.2, 0.25) is 0 Å². The van der Waals surface area contributed by atoms with Crippen LogP contribution in [0.1, 0.15) is 35.7 Å². The monoisotopic (exact) mass is 363 g/mol. The highest BCUT2D eigenvalue weighted by Gasteiger charge is 2.49. The molecule has 138 valence electrons. The van der Waals surface area contributed by atoms with Gasteiger partial charge in [-0.1, -0.05) is 42.0 Å². The first-order valence-electron chi connectivity index (χ1n) is 8.98. The highest BCUT2D eigenvalue weighted by Crippen LogP contribution is 2.44. The van der Waals surface area contributed by atoms with Gasteiger partial charge in [0, 0.05) is 6.54 Å². The Morgan fingerprint density at radius 2 is 1.78 bits per heavy atom. The zero-order chi connectivity index (χ0) is 18.8. The average molecular weight is 363 g/mol. The van der Waals surface area contributed by atoms with Gasteiger partial charge in [0.05, 0.1) is 12.6 Å². The molecule has 1 amide bonds. The predicted molar refractivity (Wildman–Crippen MR) is 98.9 cm³/mol. The molecule has 0 aliphatic carbocycles. The summed E-state index contributed by atoms with van der Waals surface area (Å²) in [6.07, 6.45) is 1.49. The average Bonchev–Trinajstić information content (AvgIpc) is 3.20. The van der Waals surface area contributed by atoms with Gasteiger partial charge < -0.3 is 9.64 Å². The molecular formula is C20H21N5O2. The van der Waals surface area contributed by atoms with Gasteiger partial charge in [-0.15, -0.1) is 5.10 Å². The molecule has 1 aliphatic heterocycles. The number of tetrazole rings is 1. The van der Waals surface area contributed by atoms with Crippen LogP contribution in [0.5, 0.6) is 5.75 Å². The van der Waals surface area contributed by atoms with E-state index in [9.17, 15) is 4.79 Å². The van der Waals surface area contributed by atoms with E-state index in [2.05, 4.69) is 46.7 Å². The molecule has 7 heteroatoms. The molecular weight excluding hydrogens is 342 g/mol. The Hall–Kier alpha value is -3.22. The number of β-lactam (4-membered cyclic amide) rings is 1. The Bertz CT molecular complexity index is 907. The molecule has 2 atom stereocenters. The number of ether oxygens (including phenoxy) is 1. The molecule has 4 rings (SSSR count). The quantitative estimate of drug-likeness (QED) is 0.630. The maximum Gasteiger partial charge on any atom is 0.251 e. The maximum atomic E-state index is 12.9. The molecule has 2 unspecified atom stereocenters. The van der Waals surface area contributed by atoms with E-state index >= 15 is 0 Å². The van der Waals surface area contributed by atoms with Gasteiger partial charge in [0.15, 0.2) is 6.04 Å². The van der Waals surface area contributed by atoms with Gasteiger partial charge >= 0.3 is 0 Å². The van der Waals surface area contributed by atoms with Gasteiger partial charge in [0.25, 0.3) is 5.91 Å². The first-order chi connectivity index (χ1) is 13.2. The summed E-state index contributed by atoms with van der Waals surface area (Å²) < 4.78 is 7.06. The first kappa shape index (κ1) is 17.2. The van der Waals surface area contributed by atoms with Gasteiger partial charge in [0.1, 0.15) is 12.1 Å². The lowest BCUT2D eigenvalue weighted by Gasteiger charge is -2.47. The number of carbonyl (C=O) groups is 1. The Balaban J connectivity index is 1.63. The number of aryl methyl sites for hydroxylation is 1. The van der Waals surface area contributed by atoms with Crippen molar-refractivity contribution in [2.24, 2.45) is 0 Å². The minimum atomic E-state index is -0.427. The topological polar surface area (TPSA) is 73.1 Å². The molecule has 0 bridgehead atoms.